The number of urea groups is 1. The zero-order valence-electron chi connectivity index (χ0n) is 16.5. The molecule has 8 heteroatoms. The van der Waals surface area contributed by atoms with E-state index in [2.05, 4.69) is 41.8 Å². The van der Waals surface area contributed by atoms with E-state index in [4.69, 9.17) is 0 Å². The van der Waals surface area contributed by atoms with Crippen molar-refractivity contribution in [1.29, 1.82) is 0 Å². The number of aliphatic imine (C=N–C) groups is 1. The number of anilines is 1. The molecule has 4 aromatic rings. The number of nitrogens with zero attached hydrogens (tertiary/aromatic N) is 2. The van der Waals surface area contributed by atoms with Crippen LogP contribution in [0, 0.1) is 5.92 Å². The highest BCUT2D eigenvalue weighted by atomic mass is 79.9. The Morgan fingerprint density at radius 2 is 1.87 bits per heavy atom. The summed E-state index contributed by atoms with van der Waals surface area (Å²) in [6.45, 7) is 1.72. The molecule has 0 radical (unpaired) electrons. The minimum absolute atomic E-state index is 0.238. The topological polar surface area (TPSA) is 99.2 Å². The van der Waals surface area contributed by atoms with Crippen molar-refractivity contribution in [2.75, 3.05) is 5.32 Å². The van der Waals surface area contributed by atoms with E-state index in [9.17, 15) is 9.59 Å². The maximum atomic E-state index is 13.3. The van der Waals surface area contributed by atoms with Gasteiger partial charge in [0.1, 0.15) is 10.5 Å². The first-order valence-electron chi connectivity index (χ1n) is 9.78. The fraction of sp³-hybridized carbons (Fsp3) is 0.130. The van der Waals surface area contributed by atoms with E-state index >= 15 is 0 Å². The van der Waals surface area contributed by atoms with E-state index in [1.165, 1.54) is 0 Å². The lowest BCUT2D eigenvalue weighted by atomic mass is 9.86. The highest BCUT2D eigenvalue weighted by Gasteiger charge is 2.37. The molecule has 0 saturated carbocycles. The second kappa shape index (κ2) is 7.63. The number of fused-ring (bicyclic) bond motifs is 2. The third kappa shape index (κ3) is 3.59. The first-order chi connectivity index (χ1) is 15.0. The first kappa shape index (κ1) is 19.4. The lowest BCUT2D eigenvalue weighted by molar-refractivity contribution is -0.118. The molecule has 3 N–H and O–H groups in total. The van der Waals surface area contributed by atoms with Crippen LogP contribution in [0.15, 0.2) is 70.3 Å². The Labute approximate surface area is 186 Å². The molecule has 31 heavy (non-hydrogen) atoms. The Hall–Kier alpha value is -3.52. The molecule has 1 aliphatic heterocycles. The van der Waals surface area contributed by atoms with Gasteiger partial charge in [-0.2, -0.15) is 5.10 Å². The molecule has 0 fully saturated rings. The molecule has 3 amide bonds. The normalized spacial score (nSPS) is 18.6. The van der Waals surface area contributed by atoms with Crippen LogP contribution in [0.4, 0.5) is 10.5 Å². The number of hydrogen-bond acceptors (Lipinski definition) is 3. The second-order valence-corrected chi connectivity index (χ2v) is 8.32. The van der Waals surface area contributed by atoms with Crippen LogP contribution in [0.3, 0.4) is 0 Å². The van der Waals surface area contributed by atoms with Crippen molar-refractivity contribution in [2.24, 2.45) is 10.9 Å². The maximum Gasteiger partial charge on any atom is 0.341 e. The van der Waals surface area contributed by atoms with Gasteiger partial charge < -0.3 is 10.6 Å². The minimum atomic E-state index is -0.637. The van der Waals surface area contributed by atoms with Gasteiger partial charge in [-0.1, -0.05) is 36.4 Å². The van der Waals surface area contributed by atoms with Gasteiger partial charge in [0.05, 0.1) is 11.6 Å². The standard InChI is InChI=1S/C23H18BrN5O2/c1-12-19(22(30)26-16-8-9-18-17(11-16)21(24)29-28-18)20(27-23(31)25-12)15-7-6-13-4-2-3-5-14(13)10-15/h2-11,19-20H,1H3,(H,26,30)(H,27,31)(H,28,29). The number of carbonyl (C=O) groups is 2. The Balaban J connectivity index is 1.49. The molecular weight excluding hydrogens is 458 g/mol. The van der Waals surface area contributed by atoms with E-state index in [0.717, 1.165) is 31.8 Å². The van der Waals surface area contributed by atoms with Crippen molar-refractivity contribution < 1.29 is 9.59 Å². The van der Waals surface area contributed by atoms with Crippen molar-refractivity contribution in [3.63, 3.8) is 0 Å². The van der Waals surface area contributed by atoms with Gasteiger partial charge in [-0.25, -0.2) is 9.79 Å². The van der Waals surface area contributed by atoms with Gasteiger partial charge >= 0.3 is 6.03 Å². The Morgan fingerprint density at radius 1 is 1.06 bits per heavy atom. The van der Waals surface area contributed by atoms with Crippen molar-refractivity contribution >= 4 is 60.9 Å². The van der Waals surface area contributed by atoms with Gasteiger partial charge in [-0.3, -0.25) is 9.89 Å². The molecule has 5 rings (SSSR count). The Kier molecular flexibility index (Phi) is 4.78. The second-order valence-electron chi connectivity index (χ2n) is 7.52. The van der Waals surface area contributed by atoms with Crippen LogP contribution in [0.25, 0.3) is 21.7 Å². The number of aromatic amines is 1. The quantitative estimate of drug-likeness (QED) is 0.390. The van der Waals surface area contributed by atoms with Gasteiger partial charge in [0.25, 0.3) is 0 Å². The number of halogens is 1. The summed E-state index contributed by atoms with van der Waals surface area (Å²) in [5.74, 6) is -0.874. The largest absolute Gasteiger partial charge is 0.341 e. The van der Waals surface area contributed by atoms with Crippen LogP contribution in [0.2, 0.25) is 0 Å². The van der Waals surface area contributed by atoms with Crippen molar-refractivity contribution in [2.45, 2.75) is 13.0 Å². The van der Waals surface area contributed by atoms with E-state index in [0.29, 0.717) is 11.4 Å². The molecule has 0 spiro atoms. The monoisotopic (exact) mass is 475 g/mol. The molecule has 154 valence electrons. The minimum Gasteiger partial charge on any atom is -0.328 e. The predicted octanol–water partition coefficient (Wildman–Crippen LogP) is 4.96. The fourth-order valence-corrected chi connectivity index (χ4v) is 4.42. The summed E-state index contributed by atoms with van der Waals surface area (Å²) in [5, 5.41) is 15.9. The van der Waals surface area contributed by atoms with Crippen molar-refractivity contribution in [3.05, 3.63) is 70.8 Å². The van der Waals surface area contributed by atoms with Crippen LogP contribution in [0.1, 0.15) is 18.5 Å². The molecule has 0 saturated heterocycles. The molecule has 0 bridgehead atoms. The van der Waals surface area contributed by atoms with Gasteiger partial charge in [-0.15, -0.1) is 0 Å². The van der Waals surface area contributed by atoms with E-state index in [1.54, 1.807) is 13.0 Å². The summed E-state index contributed by atoms with van der Waals surface area (Å²) in [6.07, 6.45) is 0. The summed E-state index contributed by atoms with van der Waals surface area (Å²) < 4.78 is 0.746. The van der Waals surface area contributed by atoms with Gasteiger partial charge in [0, 0.05) is 16.8 Å². The molecular formula is C23H18BrN5O2. The van der Waals surface area contributed by atoms with Crippen LogP contribution < -0.4 is 10.6 Å². The summed E-state index contributed by atoms with van der Waals surface area (Å²) in [5.41, 5.74) is 2.77. The lowest BCUT2D eigenvalue weighted by Gasteiger charge is -2.30. The summed E-state index contributed by atoms with van der Waals surface area (Å²) >= 11 is 3.42. The highest BCUT2D eigenvalue weighted by Crippen LogP contribution is 2.31. The third-order valence-electron chi connectivity index (χ3n) is 5.53. The maximum absolute atomic E-state index is 13.3. The number of nitrogens with one attached hydrogen (secondary N) is 3. The van der Waals surface area contributed by atoms with Crippen molar-refractivity contribution in [3.8, 4) is 0 Å². The van der Waals surface area contributed by atoms with Crippen LogP contribution in [-0.2, 0) is 4.79 Å². The Bertz CT molecular complexity index is 1380. The number of hydrogen-bond donors (Lipinski definition) is 3. The fourth-order valence-electron chi connectivity index (χ4n) is 4.01. The SMILES string of the molecule is CC1=NC(=O)NC(c2ccc3ccccc3c2)C1C(=O)Nc1ccc2n[nH]c(Br)c2c1. The number of aromatic nitrogens is 2. The molecule has 3 aromatic carbocycles. The van der Waals surface area contributed by atoms with Crippen molar-refractivity contribution in [1.82, 2.24) is 15.5 Å². The highest BCUT2D eigenvalue weighted by molar-refractivity contribution is 9.10. The number of amides is 3. The lowest BCUT2D eigenvalue weighted by Crippen LogP contribution is -2.45. The molecule has 2 atom stereocenters. The molecule has 1 aliphatic rings. The van der Waals surface area contributed by atoms with E-state index < -0.39 is 18.0 Å². The number of carbonyl (C=O) groups excluding carboxylic acids is 2. The average Bonchev–Trinajstić information content (AvgIpc) is 3.13. The number of H-pyrrole nitrogens is 1. The molecule has 2 heterocycles. The molecule has 2 unspecified atom stereocenters. The summed E-state index contributed by atoms with van der Waals surface area (Å²) in [4.78, 5) is 29.5. The zero-order valence-corrected chi connectivity index (χ0v) is 18.1. The van der Waals surface area contributed by atoms with E-state index in [1.807, 2.05) is 54.6 Å². The molecule has 0 aliphatic carbocycles. The first-order valence-corrected chi connectivity index (χ1v) is 10.6. The average molecular weight is 476 g/mol. The number of rotatable bonds is 3. The van der Waals surface area contributed by atoms with Crippen LogP contribution in [0.5, 0.6) is 0 Å². The van der Waals surface area contributed by atoms with Gasteiger partial charge in [0.15, 0.2) is 0 Å². The van der Waals surface area contributed by atoms with Gasteiger partial charge in [0.2, 0.25) is 5.91 Å². The summed E-state index contributed by atoms with van der Waals surface area (Å²) in [7, 11) is 0. The smallest absolute Gasteiger partial charge is 0.328 e. The van der Waals surface area contributed by atoms with Gasteiger partial charge in [-0.05, 0) is 63.5 Å². The predicted molar refractivity (Wildman–Crippen MR) is 124 cm³/mol. The van der Waals surface area contributed by atoms with Crippen LogP contribution in [-0.4, -0.2) is 27.8 Å². The van der Waals surface area contributed by atoms with Crippen LogP contribution >= 0.6 is 15.9 Å². The molecule has 1 aromatic heterocycles. The summed E-state index contributed by atoms with van der Waals surface area (Å²) in [6, 6.07) is 18.5. The van der Waals surface area contributed by atoms with E-state index in [-0.39, 0.29) is 5.91 Å². The zero-order chi connectivity index (χ0) is 21.5. The third-order valence-corrected chi connectivity index (χ3v) is 6.13. The molecule has 7 nitrogen and oxygen atoms in total. The Morgan fingerprint density at radius 3 is 2.71 bits per heavy atom. The number of benzene rings is 3.